The highest BCUT2D eigenvalue weighted by Gasteiger charge is 2.42. The summed E-state index contributed by atoms with van der Waals surface area (Å²) in [6, 6.07) is 9.94. The van der Waals surface area contributed by atoms with E-state index < -0.39 is 23.5 Å². The van der Waals surface area contributed by atoms with Crippen LogP contribution in [0.3, 0.4) is 0 Å². The van der Waals surface area contributed by atoms with E-state index in [4.69, 9.17) is 4.74 Å². The van der Waals surface area contributed by atoms with Crippen LogP contribution in [0.25, 0.3) is 0 Å². The van der Waals surface area contributed by atoms with Gasteiger partial charge in [0.15, 0.2) is 0 Å². The predicted molar refractivity (Wildman–Crippen MR) is 78.4 cm³/mol. The molecule has 1 aromatic rings. The van der Waals surface area contributed by atoms with Crippen molar-refractivity contribution in [3.05, 3.63) is 35.9 Å². The van der Waals surface area contributed by atoms with E-state index >= 15 is 0 Å². The van der Waals surface area contributed by atoms with Gasteiger partial charge in [-0.1, -0.05) is 37.3 Å². The van der Waals surface area contributed by atoms with Gasteiger partial charge in [0.05, 0.1) is 23.5 Å². The highest BCUT2D eigenvalue weighted by molar-refractivity contribution is 5.96. The van der Waals surface area contributed by atoms with Gasteiger partial charge in [-0.25, -0.2) is 0 Å². The second kappa shape index (κ2) is 5.98. The molecule has 0 aliphatic carbocycles. The standard InChI is InChI=1S/C17H22O4/c1-11(10-14-12(2)15(18)20-16(14)19)21-17(3,4)13-8-6-5-7-9-13/h5-9,11-12,14H,10H2,1-4H3. The van der Waals surface area contributed by atoms with Crippen molar-refractivity contribution in [3.8, 4) is 0 Å². The molecule has 114 valence electrons. The van der Waals surface area contributed by atoms with Gasteiger partial charge < -0.3 is 9.47 Å². The largest absolute Gasteiger partial charge is 0.393 e. The molecule has 0 spiro atoms. The van der Waals surface area contributed by atoms with Gasteiger partial charge in [0, 0.05) is 0 Å². The monoisotopic (exact) mass is 290 g/mol. The van der Waals surface area contributed by atoms with E-state index in [2.05, 4.69) is 4.74 Å². The summed E-state index contributed by atoms with van der Waals surface area (Å²) in [5, 5.41) is 0. The van der Waals surface area contributed by atoms with Crippen molar-refractivity contribution >= 4 is 11.9 Å². The zero-order valence-electron chi connectivity index (χ0n) is 13.0. The molecule has 1 aromatic carbocycles. The van der Waals surface area contributed by atoms with Gasteiger partial charge in [-0.05, 0) is 32.8 Å². The third-order valence-electron chi connectivity index (χ3n) is 4.03. The van der Waals surface area contributed by atoms with E-state index in [1.807, 2.05) is 51.1 Å². The first-order valence-corrected chi connectivity index (χ1v) is 7.30. The van der Waals surface area contributed by atoms with E-state index in [1.165, 1.54) is 0 Å². The van der Waals surface area contributed by atoms with Crippen LogP contribution in [0.4, 0.5) is 0 Å². The number of benzene rings is 1. The molecule has 21 heavy (non-hydrogen) atoms. The zero-order chi connectivity index (χ0) is 15.6. The molecule has 3 atom stereocenters. The molecule has 1 saturated heterocycles. The summed E-state index contributed by atoms with van der Waals surface area (Å²) in [6.45, 7) is 7.65. The van der Waals surface area contributed by atoms with Crippen molar-refractivity contribution in [2.75, 3.05) is 0 Å². The lowest BCUT2D eigenvalue weighted by Crippen LogP contribution is -2.30. The third-order valence-corrected chi connectivity index (χ3v) is 4.03. The molecule has 1 heterocycles. The van der Waals surface area contributed by atoms with Crippen LogP contribution in [0.1, 0.15) is 39.7 Å². The smallest absolute Gasteiger partial charge is 0.317 e. The Hall–Kier alpha value is -1.68. The van der Waals surface area contributed by atoms with Crippen LogP contribution in [-0.4, -0.2) is 18.0 Å². The molecule has 4 heteroatoms. The Morgan fingerprint density at radius 1 is 1.19 bits per heavy atom. The van der Waals surface area contributed by atoms with Gasteiger partial charge >= 0.3 is 11.9 Å². The molecular weight excluding hydrogens is 268 g/mol. The maximum atomic E-state index is 11.7. The average Bonchev–Trinajstić information content (AvgIpc) is 2.66. The molecule has 0 aromatic heterocycles. The normalized spacial score (nSPS) is 24.0. The Bertz CT molecular complexity index is 521. The van der Waals surface area contributed by atoms with Crippen molar-refractivity contribution in [1.82, 2.24) is 0 Å². The highest BCUT2D eigenvalue weighted by Crippen LogP contribution is 2.32. The molecule has 0 N–H and O–H groups in total. The van der Waals surface area contributed by atoms with Gasteiger partial charge in [0.25, 0.3) is 0 Å². The molecule has 2 rings (SSSR count). The van der Waals surface area contributed by atoms with Crippen LogP contribution < -0.4 is 0 Å². The van der Waals surface area contributed by atoms with Crippen LogP contribution in [-0.2, 0) is 24.7 Å². The number of esters is 2. The number of carbonyl (C=O) groups excluding carboxylic acids is 2. The van der Waals surface area contributed by atoms with Crippen LogP contribution in [0.2, 0.25) is 0 Å². The number of rotatable bonds is 5. The molecular formula is C17H22O4. The maximum absolute atomic E-state index is 11.7. The second-order valence-electron chi connectivity index (χ2n) is 6.18. The van der Waals surface area contributed by atoms with Crippen LogP contribution >= 0.6 is 0 Å². The number of ether oxygens (including phenoxy) is 2. The van der Waals surface area contributed by atoms with E-state index in [1.54, 1.807) is 6.92 Å². The molecule has 3 unspecified atom stereocenters. The van der Waals surface area contributed by atoms with Crippen LogP contribution in [0, 0.1) is 11.8 Å². The Morgan fingerprint density at radius 2 is 1.81 bits per heavy atom. The number of carbonyl (C=O) groups is 2. The van der Waals surface area contributed by atoms with Crippen molar-refractivity contribution < 1.29 is 19.1 Å². The first-order chi connectivity index (χ1) is 9.81. The Morgan fingerprint density at radius 3 is 2.33 bits per heavy atom. The lowest BCUT2D eigenvalue weighted by atomic mass is 9.91. The van der Waals surface area contributed by atoms with E-state index in [0.717, 1.165) is 5.56 Å². The lowest BCUT2D eigenvalue weighted by molar-refractivity contribution is -0.154. The summed E-state index contributed by atoms with van der Waals surface area (Å²) in [7, 11) is 0. The molecule has 1 aliphatic heterocycles. The minimum Gasteiger partial charge on any atom is -0.393 e. The maximum Gasteiger partial charge on any atom is 0.317 e. The highest BCUT2D eigenvalue weighted by atomic mass is 16.6. The van der Waals surface area contributed by atoms with Crippen LogP contribution in [0.15, 0.2) is 30.3 Å². The predicted octanol–water partition coefficient (Wildman–Crippen LogP) is 3.05. The minimum absolute atomic E-state index is 0.147. The first kappa shape index (κ1) is 15.7. The molecule has 0 bridgehead atoms. The second-order valence-corrected chi connectivity index (χ2v) is 6.18. The van der Waals surface area contributed by atoms with Crippen molar-refractivity contribution in [2.24, 2.45) is 11.8 Å². The molecule has 1 fully saturated rings. The first-order valence-electron chi connectivity index (χ1n) is 7.30. The third kappa shape index (κ3) is 3.50. The summed E-state index contributed by atoms with van der Waals surface area (Å²) in [4.78, 5) is 23.1. The van der Waals surface area contributed by atoms with Crippen molar-refractivity contribution in [3.63, 3.8) is 0 Å². The van der Waals surface area contributed by atoms with E-state index in [-0.39, 0.29) is 12.0 Å². The molecule has 0 amide bonds. The lowest BCUT2D eigenvalue weighted by Gasteiger charge is -2.30. The topological polar surface area (TPSA) is 52.6 Å². The van der Waals surface area contributed by atoms with Crippen LogP contribution in [0.5, 0.6) is 0 Å². The summed E-state index contributed by atoms with van der Waals surface area (Å²) in [5.74, 6) is -1.65. The van der Waals surface area contributed by atoms with Gasteiger partial charge in [0.1, 0.15) is 0 Å². The summed E-state index contributed by atoms with van der Waals surface area (Å²) < 4.78 is 10.8. The molecule has 4 nitrogen and oxygen atoms in total. The molecule has 0 radical (unpaired) electrons. The SMILES string of the molecule is CC(CC1C(=O)OC(=O)C1C)OC(C)(C)c1ccccc1. The summed E-state index contributed by atoms with van der Waals surface area (Å²) in [6.07, 6.45) is 0.341. The van der Waals surface area contributed by atoms with Gasteiger partial charge in [-0.15, -0.1) is 0 Å². The molecule has 1 aliphatic rings. The number of hydrogen-bond donors (Lipinski definition) is 0. The van der Waals surface area contributed by atoms with Gasteiger partial charge in [-0.2, -0.15) is 0 Å². The van der Waals surface area contributed by atoms with Gasteiger partial charge in [-0.3, -0.25) is 9.59 Å². The Kier molecular flexibility index (Phi) is 4.47. The van der Waals surface area contributed by atoms with Crippen molar-refractivity contribution in [2.45, 2.75) is 45.8 Å². The Labute approximate surface area is 125 Å². The number of cyclic esters (lactones) is 2. The fourth-order valence-electron chi connectivity index (χ4n) is 2.75. The fourth-order valence-corrected chi connectivity index (χ4v) is 2.75. The fraction of sp³-hybridized carbons (Fsp3) is 0.529. The Balaban J connectivity index is 2.00. The summed E-state index contributed by atoms with van der Waals surface area (Å²) >= 11 is 0. The average molecular weight is 290 g/mol. The van der Waals surface area contributed by atoms with Gasteiger partial charge in [0.2, 0.25) is 0 Å². The van der Waals surface area contributed by atoms with Crippen molar-refractivity contribution in [1.29, 1.82) is 0 Å². The van der Waals surface area contributed by atoms with E-state index in [9.17, 15) is 9.59 Å². The quantitative estimate of drug-likeness (QED) is 0.618. The van der Waals surface area contributed by atoms with E-state index in [0.29, 0.717) is 6.42 Å². The zero-order valence-corrected chi connectivity index (χ0v) is 13.0. The summed E-state index contributed by atoms with van der Waals surface area (Å²) in [5.41, 5.74) is 0.631. The minimum atomic E-state index is -0.448. The number of hydrogen-bond acceptors (Lipinski definition) is 4. The molecule has 0 saturated carbocycles.